The summed E-state index contributed by atoms with van der Waals surface area (Å²) in [4.78, 5) is 24.0. The van der Waals surface area contributed by atoms with E-state index in [0.29, 0.717) is 18.2 Å². The second-order valence-corrected chi connectivity index (χ2v) is 7.18. The molecule has 1 aliphatic rings. The molecular weight excluding hydrogens is 326 g/mol. The van der Waals surface area contributed by atoms with Gasteiger partial charge in [0.15, 0.2) is 0 Å². The summed E-state index contributed by atoms with van der Waals surface area (Å²) in [5.41, 5.74) is 2.90. The Morgan fingerprint density at radius 3 is 2.65 bits per heavy atom. The zero-order valence-electron chi connectivity index (χ0n) is 15.4. The predicted octanol–water partition coefficient (Wildman–Crippen LogP) is 3.18. The fourth-order valence-corrected chi connectivity index (χ4v) is 3.40. The Balaban J connectivity index is 1.68. The van der Waals surface area contributed by atoms with Crippen molar-refractivity contribution in [3.8, 4) is 0 Å². The summed E-state index contributed by atoms with van der Waals surface area (Å²) in [6, 6.07) is 12.2. The third-order valence-electron chi connectivity index (χ3n) is 5.06. The molecule has 0 N–H and O–H groups in total. The Labute approximate surface area is 152 Å². The number of aryl methyl sites for hydroxylation is 2. The van der Waals surface area contributed by atoms with Crippen LogP contribution in [0, 0.1) is 19.8 Å². The Morgan fingerprint density at radius 1 is 1.23 bits per heavy atom. The lowest BCUT2D eigenvalue weighted by Gasteiger charge is -2.28. The molecule has 1 amide bonds. The van der Waals surface area contributed by atoms with Crippen LogP contribution in [0.4, 0.5) is 0 Å². The van der Waals surface area contributed by atoms with Crippen molar-refractivity contribution in [2.75, 3.05) is 0 Å². The van der Waals surface area contributed by atoms with Crippen molar-refractivity contribution >= 4 is 11.7 Å². The first-order valence-electron chi connectivity index (χ1n) is 9.09. The van der Waals surface area contributed by atoms with Gasteiger partial charge in [-0.25, -0.2) is 9.50 Å². The average molecular weight is 349 g/mol. The molecule has 0 saturated heterocycles. The van der Waals surface area contributed by atoms with Gasteiger partial charge in [0.1, 0.15) is 0 Å². The first-order valence-corrected chi connectivity index (χ1v) is 9.09. The molecule has 0 radical (unpaired) electrons. The van der Waals surface area contributed by atoms with Crippen LogP contribution in [0.25, 0.3) is 5.78 Å². The number of carbonyl (C=O) groups excluding carboxylic acids is 1. The van der Waals surface area contributed by atoms with Gasteiger partial charge in [0.25, 0.3) is 11.7 Å². The average Bonchev–Trinajstić information content (AvgIpc) is 3.39. The highest BCUT2D eigenvalue weighted by molar-refractivity contribution is 5.91. The molecule has 1 fully saturated rings. The zero-order chi connectivity index (χ0) is 18.3. The van der Waals surface area contributed by atoms with E-state index in [0.717, 1.165) is 17.0 Å². The lowest BCUT2D eigenvalue weighted by molar-refractivity contribution is 0.0642. The standard InChI is InChI=1S/C20H23N5O/c1-13-11-14(2)25-20(21-13)22-18(23-25)19(26)24(15(3)17-9-10-17)12-16-7-5-4-6-8-16/h4-8,11,15,17H,9-10,12H2,1-3H3/t15-/m0/s1. The highest BCUT2D eigenvalue weighted by Gasteiger charge is 2.36. The van der Waals surface area contributed by atoms with Gasteiger partial charge in [-0.1, -0.05) is 30.3 Å². The van der Waals surface area contributed by atoms with E-state index < -0.39 is 0 Å². The maximum Gasteiger partial charge on any atom is 0.294 e. The van der Waals surface area contributed by atoms with E-state index >= 15 is 0 Å². The number of hydrogen-bond donors (Lipinski definition) is 0. The summed E-state index contributed by atoms with van der Waals surface area (Å²) in [6.45, 7) is 6.56. The minimum atomic E-state index is -0.129. The van der Waals surface area contributed by atoms with Crippen LogP contribution in [0.3, 0.4) is 0 Å². The van der Waals surface area contributed by atoms with Crippen molar-refractivity contribution in [1.82, 2.24) is 24.5 Å². The van der Waals surface area contributed by atoms with Gasteiger partial charge in [0, 0.05) is 24.0 Å². The van der Waals surface area contributed by atoms with Gasteiger partial charge in [-0.3, -0.25) is 4.79 Å². The Morgan fingerprint density at radius 2 is 1.96 bits per heavy atom. The highest BCUT2D eigenvalue weighted by Crippen LogP contribution is 2.36. The minimum absolute atomic E-state index is 0.129. The Hall–Kier alpha value is -2.76. The monoisotopic (exact) mass is 349 g/mol. The summed E-state index contributed by atoms with van der Waals surface area (Å²) in [5, 5.41) is 4.43. The summed E-state index contributed by atoms with van der Waals surface area (Å²) in [7, 11) is 0. The maximum atomic E-state index is 13.2. The van der Waals surface area contributed by atoms with Gasteiger partial charge >= 0.3 is 0 Å². The topological polar surface area (TPSA) is 63.4 Å². The van der Waals surface area contributed by atoms with Crippen LogP contribution in [0.1, 0.15) is 47.3 Å². The fraction of sp³-hybridized carbons (Fsp3) is 0.400. The highest BCUT2D eigenvalue weighted by atomic mass is 16.2. The lowest BCUT2D eigenvalue weighted by atomic mass is 10.1. The van der Waals surface area contributed by atoms with Crippen LogP contribution in [0.5, 0.6) is 0 Å². The SMILES string of the molecule is Cc1cc(C)n2nc(C(=O)N(Cc3ccccc3)[C@@H](C)C3CC3)nc2n1. The zero-order valence-corrected chi connectivity index (χ0v) is 15.4. The quantitative estimate of drug-likeness (QED) is 0.710. The fourth-order valence-electron chi connectivity index (χ4n) is 3.40. The van der Waals surface area contributed by atoms with Crippen molar-refractivity contribution in [2.45, 2.75) is 46.2 Å². The van der Waals surface area contributed by atoms with Gasteiger partial charge < -0.3 is 4.90 Å². The molecule has 6 nitrogen and oxygen atoms in total. The summed E-state index contributed by atoms with van der Waals surface area (Å²) in [6.07, 6.45) is 2.36. The molecule has 4 rings (SSSR count). The van der Waals surface area contributed by atoms with E-state index in [-0.39, 0.29) is 17.8 Å². The van der Waals surface area contributed by atoms with Crippen LogP contribution in [0.15, 0.2) is 36.4 Å². The largest absolute Gasteiger partial charge is 0.329 e. The second-order valence-electron chi connectivity index (χ2n) is 7.18. The number of amides is 1. The molecular formula is C20H23N5O. The molecule has 3 aromatic rings. The molecule has 0 aliphatic heterocycles. The summed E-state index contributed by atoms with van der Waals surface area (Å²) in [5.74, 6) is 1.14. The van der Waals surface area contributed by atoms with Crippen LogP contribution in [-0.2, 0) is 6.54 Å². The van der Waals surface area contributed by atoms with Crippen LogP contribution in [-0.4, -0.2) is 36.4 Å². The third-order valence-corrected chi connectivity index (χ3v) is 5.06. The first kappa shape index (κ1) is 16.7. The normalized spacial score (nSPS) is 15.2. The minimum Gasteiger partial charge on any atom is -0.329 e. The van der Waals surface area contributed by atoms with Crippen LogP contribution < -0.4 is 0 Å². The molecule has 1 atom stereocenters. The number of aromatic nitrogens is 4. The van der Waals surface area contributed by atoms with E-state index in [1.165, 1.54) is 12.8 Å². The summed E-state index contributed by atoms with van der Waals surface area (Å²) < 4.78 is 1.64. The van der Waals surface area contributed by atoms with E-state index in [1.54, 1.807) is 4.52 Å². The Kier molecular flexibility index (Phi) is 4.18. The van der Waals surface area contributed by atoms with Crippen molar-refractivity contribution in [3.05, 3.63) is 59.2 Å². The third kappa shape index (κ3) is 3.19. The van der Waals surface area contributed by atoms with Gasteiger partial charge in [-0.05, 0) is 51.2 Å². The molecule has 2 aromatic heterocycles. The molecule has 0 bridgehead atoms. The molecule has 1 saturated carbocycles. The Bertz CT molecular complexity index is 945. The molecule has 1 aliphatic carbocycles. The van der Waals surface area contributed by atoms with Gasteiger partial charge in [-0.15, -0.1) is 5.10 Å². The number of hydrogen-bond acceptors (Lipinski definition) is 4. The molecule has 26 heavy (non-hydrogen) atoms. The van der Waals surface area contributed by atoms with E-state index in [9.17, 15) is 4.79 Å². The number of benzene rings is 1. The molecule has 0 spiro atoms. The van der Waals surface area contributed by atoms with E-state index in [4.69, 9.17) is 0 Å². The van der Waals surface area contributed by atoms with Crippen molar-refractivity contribution in [1.29, 1.82) is 0 Å². The molecule has 134 valence electrons. The number of carbonyl (C=O) groups is 1. The lowest BCUT2D eigenvalue weighted by Crippen LogP contribution is -2.40. The van der Waals surface area contributed by atoms with Crippen molar-refractivity contribution < 1.29 is 4.79 Å². The molecule has 2 heterocycles. The van der Waals surface area contributed by atoms with Crippen LogP contribution in [0.2, 0.25) is 0 Å². The summed E-state index contributed by atoms with van der Waals surface area (Å²) >= 11 is 0. The van der Waals surface area contributed by atoms with Gasteiger partial charge in [0.2, 0.25) is 5.82 Å². The number of fused-ring (bicyclic) bond motifs is 1. The molecule has 6 heteroatoms. The van der Waals surface area contributed by atoms with Crippen molar-refractivity contribution in [3.63, 3.8) is 0 Å². The molecule has 1 aromatic carbocycles. The van der Waals surface area contributed by atoms with E-state index in [2.05, 4.69) is 22.0 Å². The van der Waals surface area contributed by atoms with Crippen molar-refractivity contribution in [2.24, 2.45) is 5.92 Å². The number of rotatable bonds is 5. The van der Waals surface area contributed by atoms with Gasteiger partial charge in [-0.2, -0.15) is 4.98 Å². The predicted molar refractivity (Wildman–Crippen MR) is 98.8 cm³/mol. The molecule has 0 unspecified atom stereocenters. The maximum absolute atomic E-state index is 13.2. The first-order chi connectivity index (χ1) is 12.5. The second kappa shape index (κ2) is 6.52. The van der Waals surface area contributed by atoms with Crippen LogP contribution >= 0.6 is 0 Å². The smallest absolute Gasteiger partial charge is 0.294 e. The van der Waals surface area contributed by atoms with E-state index in [1.807, 2.05) is 55.1 Å². The number of nitrogens with zero attached hydrogens (tertiary/aromatic N) is 5. The van der Waals surface area contributed by atoms with Gasteiger partial charge in [0.05, 0.1) is 0 Å².